The molecule has 25 heavy (non-hydrogen) atoms. The molecule has 0 bridgehead atoms. The zero-order chi connectivity index (χ0) is 19.0. The van der Waals surface area contributed by atoms with Crippen molar-refractivity contribution in [2.45, 2.75) is 26.8 Å². The first-order valence-corrected chi connectivity index (χ1v) is 7.55. The third kappa shape index (κ3) is 7.63. The summed E-state index contributed by atoms with van der Waals surface area (Å²) in [5.41, 5.74) is 0.515. The molecule has 1 rings (SSSR count). The van der Waals surface area contributed by atoms with Crippen molar-refractivity contribution in [2.24, 2.45) is 5.92 Å². The van der Waals surface area contributed by atoms with E-state index in [-0.39, 0.29) is 42.0 Å². The molecule has 0 saturated carbocycles. The summed E-state index contributed by atoms with van der Waals surface area (Å²) >= 11 is -0.116. The van der Waals surface area contributed by atoms with Crippen LogP contribution in [0.15, 0.2) is 18.2 Å². The molecule has 11 heteroatoms. The maximum atomic E-state index is 11.8. The molecular formula is C14H16F3NO6S. The number of carbonyl (C=O) groups excluding carboxylic acids is 2. The number of benzene rings is 1. The summed E-state index contributed by atoms with van der Waals surface area (Å²) in [6.45, 7) is 3.61. The first kappa shape index (κ1) is 21.1. The van der Waals surface area contributed by atoms with Gasteiger partial charge in [0.05, 0.1) is 7.11 Å². The van der Waals surface area contributed by atoms with Crippen LogP contribution in [0.3, 0.4) is 0 Å². The average Bonchev–Trinajstić information content (AvgIpc) is 2.55. The molecule has 1 aromatic rings. The summed E-state index contributed by atoms with van der Waals surface area (Å²) in [5.74, 6) is -1.25. The molecule has 0 radical (unpaired) electrons. The number of hydrogen-bond donors (Lipinski definition) is 1. The van der Waals surface area contributed by atoms with Gasteiger partial charge in [0.2, 0.25) is 5.91 Å². The van der Waals surface area contributed by atoms with Crippen molar-refractivity contribution in [1.29, 1.82) is 0 Å². The summed E-state index contributed by atoms with van der Waals surface area (Å²) in [6.07, 6.45) is -4.99. The third-order valence-corrected chi connectivity index (χ3v) is 3.09. The van der Waals surface area contributed by atoms with Crippen molar-refractivity contribution >= 4 is 24.2 Å². The smallest absolute Gasteiger partial charge is 0.465 e. The van der Waals surface area contributed by atoms with E-state index in [2.05, 4.69) is 19.3 Å². The van der Waals surface area contributed by atoms with E-state index in [0.29, 0.717) is 5.56 Å². The van der Waals surface area contributed by atoms with E-state index >= 15 is 0 Å². The molecular weight excluding hydrogens is 367 g/mol. The number of hydrogen-bond acceptors (Lipinski definition) is 7. The van der Waals surface area contributed by atoms with Gasteiger partial charge < -0.3 is 14.2 Å². The topological polar surface area (TPSA) is 83.1 Å². The minimum absolute atomic E-state index is 0.0538. The van der Waals surface area contributed by atoms with Crippen molar-refractivity contribution in [3.63, 3.8) is 0 Å². The summed E-state index contributed by atoms with van der Waals surface area (Å²) in [6, 6.07) is 4.23. The van der Waals surface area contributed by atoms with Gasteiger partial charge in [-0.1, -0.05) is 19.9 Å². The third-order valence-electron chi connectivity index (χ3n) is 2.72. The van der Waals surface area contributed by atoms with E-state index in [1.807, 2.05) is 0 Å². The number of carbonyl (C=O) groups is 2. The lowest BCUT2D eigenvalue weighted by atomic mass is 10.1. The van der Waals surface area contributed by atoms with Gasteiger partial charge in [-0.3, -0.25) is 4.79 Å². The molecule has 1 aromatic carbocycles. The lowest BCUT2D eigenvalue weighted by Crippen LogP contribution is -2.27. The number of halogens is 3. The van der Waals surface area contributed by atoms with Crippen molar-refractivity contribution in [3.8, 4) is 5.75 Å². The van der Waals surface area contributed by atoms with Crippen molar-refractivity contribution in [2.75, 3.05) is 7.11 Å². The number of nitrogens with one attached hydrogen (secondary N) is 1. The molecule has 0 spiro atoms. The van der Waals surface area contributed by atoms with Gasteiger partial charge in [-0.05, 0) is 17.7 Å². The Morgan fingerprint density at radius 2 is 1.96 bits per heavy atom. The van der Waals surface area contributed by atoms with Crippen LogP contribution in [-0.2, 0) is 25.3 Å². The fraction of sp³-hybridized carbons (Fsp3) is 0.429. The first-order valence-electron chi connectivity index (χ1n) is 6.88. The Bertz CT molecular complexity index is 609. The largest absolute Gasteiger partial charge is 0.550 e. The van der Waals surface area contributed by atoms with Crippen LogP contribution in [0.4, 0.5) is 13.2 Å². The minimum atomic E-state index is -4.99. The van der Waals surface area contributed by atoms with E-state index in [1.165, 1.54) is 18.2 Å². The zero-order valence-corrected chi connectivity index (χ0v) is 14.3. The van der Waals surface area contributed by atoms with Gasteiger partial charge in [0.15, 0.2) is 5.75 Å². The highest BCUT2D eigenvalue weighted by Crippen LogP contribution is 2.27. The highest BCUT2D eigenvalue weighted by molar-refractivity contribution is 7.90. The Labute approximate surface area is 146 Å². The molecule has 0 heterocycles. The molecule has 0 atom stereocenters. The van der Waals surface area contributed by atoms with Crippen molar-refractivity contribution < 1.29 is 40.9 Å². The van der Waals surface area contributed by atoms with Gasteiger partial charge in [-0.15, -0.1) is 22.4 Å². The maximum absolute atomic E-state index is 11.8. The number of alkyl halides is 3. The van der Waals surface area contributed by atoms with Gasteiger partial charge in [0.25, 0.3) is 12.3 Å². The van der Waals surface area contributed by atoms with Crippen LogP contribution in [-0.4, -0.2) is 25.3 Å². The quantitative estimate of drug-likeness (QED) is 0.243. The van der Waals surface area contributed by atoms with Crippen molar-refractivity contribution in [1.82, 2.24) is 5.32 Å². The van der Waals surface area contributed by atoms with Crippen LogP contribution in [0.1, 0.15) is 29.8 Å². The molecule has 0 aromatic heterocycles. The lowest BCUT2D eigenvalue weighted by Gasteiger charge is -2.11. The van der Waals surface area contributed by atoms with Gasteiger partial charge >= 0.3 is 12.3 Å². The molecule has 140 valence electrons. The molecule has 7 nitrogen and oxygen atoms in total. The highest BCUT2D eigenvalue weighted by atomic mass is 32.2. The second-order valence-electron chi connectivity index (χ2n) is 4.94. The molecule has 0 aliphatic heterocycles. The Hall–Kier alpha value is -1.98. The number of esters is 1. The van der Waals surface area contributed by atoms with Crippen molar-refractivity contribution in [3.05, 3.63) is 29.3 Å². The predicted molar refractivity (Wildman–Crippen MR) is 80.9 cm³/mol. The Balaban J connectivity index is 2.77. The molecule has 1 amide bonds. The normalized spacial score (nSPS) is 11.3. The second-order valence-corrected chi connectivity index (χ2v) is 5.38. The van der Waals surface area contributed by atoms with E-state index in [1.54, 1.807) is 13.8 Å². The van der Waals surface area contributed by atoms with Crippen LogP contribution >= 0.6 is 12.3 Å². The number of ether oxygens (including phenoxy) is 1. The summed E-state index contributed by atoms with van der Waals surface area (Å²) in [7, 11) is 1.13. The van der Waals surface area contributed by atoms with E-state index in [9.17, 15) is 22.8 Å². The summed E-state index contributed by atoms with van der Waals surface area (Å²) in [5, 5.41) is 2.66. The monoisotopic (exact) mass is 383 g/mol. The Morgan fingerprint density at radius 3 is 2.52 bits per heavy atom. The SMILES string of the molecule is COC(=O)c1cc(CNC(=O)C(C)C)ccc1OSOOC(F)(F)F. The van der Waals surface area contributed by atoms with E-state index in [0.717, 1.165) is 7.11 Å². The number of methoxy groups -OCH3 is 1. The minimum Gasteiger partial charge on any atom is -0.465 e. The highest BCUT2D eigenvalue weighted by Gasteiger charge is 2.32. The Morgan fingerprint density at radius 1 is 1.28 bits per heavy atom. The standard InChI is InChI=1S/C14H16F3NO6S/c1-8(2)12(19)18-7-9-4-5-11(10(6-9)13(20)21-3)22-25-24-23-14(15,16)17/h4-6,8H,7H2,1-3H3,(H,18,19). The zero-order valence-electron chi connectivity index (χ0n) is 13.5. The lowest BCUT2D eigenvalue weighted by molar-refractivity contribution is -0.441. The van der Waals surface area contributed by atoms with Crippen LogP contribution in [0.25, 0.3) is 0 Å². The molecule has 0 unspecified atom stereocenters. The molecule has 0 aliphatic carbocycles. The molecule has 1 N–H and O–H groups in total. The summed E-state index contributed by atoms with van der Waals surface area (Å²) < 4.78 is 48.5. The van der Waals surface area contributed by atoms with E-state index < -0.39 is 12.3 Å². The van der Waals surface area contributed by atoms with Crippen LogP contribution < -0.4 is 9.50 Å². The van der Waals surface area contributed by atoms with Crippen LogP contribution in [0.2, 0.25) is 0 Å². The van der Waals surface area contributed by atoms with Gasteiger partial charge in [0, 0.05) is 12.5 Å². The van der Waals surface area contributed by atoms with Crippen LogP contribution in [0.5, 0.6) is 5.75 Å². The van der Waals surface area contributed by atoms with Gasteiger partial charge in [-0.2, -0.15) is 0 Å². The second kappa shape index (κ2) is 9.49. The summed E-state index contributed by atoms with van der Waals surface area (Å²) in [4.78, 5) is 26.4. The molecule has 0 saturated heterocycles. The predicted octanol–water partition coefficient (Wildman–Crippen LogP) is 3.16. The molecule has 0 aliphatic rings. The number of rotatable bonds is 8. The van der Waals surface area contributed by atoms with E-state index in [4.69, 9.17) is 4.18 Å². The molecule has 0 fully saturated rings. The fourth-order valence-corrected chi connectivity index (χ4v) is 1.88. The van der Waals surface area contributed by atoms with Gasteiger partial charge in [0.1, 0.15) is 5.56 Å². The maximum Gasteiger partial charge on any atom is 0.550 e. The average molecular weight is 383 g/mol. The van der Waals surface area contributed by atoms with Gasteiger partial charge in [-0.25, -0.2) is 4.79 Å². The van der Waals surface area contributed by atoms with Crippen LogP contribution in [0, 0.1) is 5.92 Å². The Kier molecular flexibility index (Phi) is 8.00. The number of amides is 1. The fourth-order valence-electron chi connectivity index (χ4n) is 1.53. The first-order chi connectivity index (χ1) is 11.6.